The Labute approximate surface area is 285 Å². The average Bonchev–Trinajstić information content (AvgIpc) is 3.77. The summed E-state index contributed by atoms with van der Waals surface area (Å²) in [4.78, 5) is 13.7. The molecule has 0 saturated carbocycles. The van der Waals surface area contributed by atoms with E-state index in [4.69, 9.17) is 26.5 Å². The lowest BCUT2D eigenvalue weighted by atomic mass is 9.96. The maximum Gasteiger partial charge on any atom is 0.352 e. The number of nitrogens with one attached hydrogen (secondary N) is 1. The third-order valence-corrected chi connectivity index (χ3v) is 10.9. The van der Waals surface area contributed by atoms with Crippen molar-refractivity contribution in [2.45, 2.75) is 56.0 Å². The molecule has 0 spiro atoms. The van der Waals surface area contributed by atoms with Crippen LogP contribution >= 0.6 is 23.4 Å². The van der Waals surface area contributed by atoms with Crippen molar-refractivity contribution in [1.29, 1.82) is 0 Å². The minimum atomic E-state index is -0.995. The summed E-state index contributed by atoms with van der Waals surface area (Å²) in [7, 11) is 3.75. The van der Waals surface area contributed by atoms with Crippen LogP contribution in [-0.2, 0) is 39.4 Å². The highest BCUT2D eigenvalue weighted by atomic mass is 35.5. The van der Waals surface area contributed by atoms with Gasteiger partial charge in [-0.1, -0.05) is 17.7 Å². The third kappa shape index (κ3) is 5.15. The number of nitrogens with zero attached hydrogens (tertiary/aromatic N) is 5. The van der Waals surface area contributed by atoms with Crippen molar-refractivity contribution in [3.05, 3.63) is 93.4 Å². The third-order valence-electron chi connectivity index (χ3n) is 9.61. The van der Waals surface area contributed by atoms with Gasteiger partial charge in [0.05, 0.1) is 40.3 Å². The number of hydrogen-bond donors (Lipinski definition) is 2. The van der Waals surface area contributed by atoms with Gasteiger partial charge in [-0.3, -0.25) is 9.36 Å². The number of aryl methyl sites for hydroxylation is 5. The van der Waals surface area contributed by atoms with Crippen molar-refractivity contribution in [2.24, 2.45) is 14.1 Å². The highest BCUT2D eigenvalue weighted by Crippen LogP contribution is 2.45. The number of carboxylic acids is 1. The van der Waals surface area contributed by atoms with Crippen LogP contribution in [-0.4, -0.2) is 41.8 Å². The molecule has 1 unspecified atom stereocenters. The molecule has 0 amide bonds. The van der Waals surface area contributed by atoms with E-state index in [-0.39, 0.29) is 17.6 Å². The van der Waals surface area contributed by atoms with Crippen LogP contribution in [0.4, 0.5) is 4.39 Å². The van der Waals surface area contributed by atoms with Gasteiger partial charge in [0.1, 0.15) is 17.3 Å². The first-order valence-electron chi connectivity index (χ1n) is 16.0. The van der Waals surface area contributed by atoms with Crippen molar-refractivity contribution in [3.8, 4) is 16.9 Å². The largest absolute Gasteiger partial charge is 0.493 e. The van der Waals surface area contributed by atoms with Crippen LogP contribution < -0.4 is 10.1 Å². The molecule has 48 heavy (non-hydrogen) atoms. The number of benzene rings is 3. The zero-order chi connectivity index (χ0) is 33.3. The van der Waals surface area contributed by atoms with E-state index in [1.54, 1.807) is 29.4 Å². The summed E-state index contributed by atoms with van der Waals surface area (Å²) in [6.07, 6.45) is 1.92. The Hall–Kier alpha value is -4.32. The smallest absolute Gasteiger partial charge is 0.352 e. The minimum absolute atomic E-state index is 0.00807. The summed E-state index contributed by atoms with van der Waals surface area (Å²) >= 11 is 8.67. The molecule has 6 aromatic rings. The SMILES string of the molecule is Cc1nn2c3c1-c1c(Cl)ccc4c(c(C(=O)O)n(C)c14)CCCOc1cc(cc4cc(F)ccc14)SCc1cc(nn1C)CNC3CC2. The van der Waals surface area contributed by atoms with E-state index in [1.165, 1.54) is 12.1 Å². The molecule has 9 nitrogen and oxygen atoms in total. The van der Waals surface area contributed by atoms with Crippen LogP contribution in [0, 0.1) is 12.7 Å². The van der Waals surface area contributed by atoms with Gasteiger partial charge in [0.25, 0.3) is 0 Å². The predicted octanol–water partition coefficient (Wildman–Crippen LogP) is 7.58. The molecule has 2 N–H and O–H groups in total. The number of halogens is 2. The molecular weight excluding hydrogens is 651 g/mol. The molecule has 0 radical (unpaired) electrons. The second kappa shape index (κ2) is 12.0. The number of aromatic nitrogens is 5. The van der Waals surface area contributed by atoms with Crippen molar-refractivity contribution in [1.82, 2.24) is 29.4 Å². The molecule has 0 saturated heterocycles. The topological polar surface area (TPSA) is 99.1 Å². The zero-order valence-electron chi connectivity index (χ0n) is 26.8. The van der Waals surface area contributed by atoms with E-state index in [2.05, 4.69) is 16.1 Å². The lowest BCUT2D eigenvalue weighted by molar-refractivity contribution is 0.0685. The standard InChI is InChI=1S/C36H34ClFN6O3S/c1-19-31-32-28(37)9-8-27-26(34(36(45)46)42(2)33(27)32)5-4-12-47-30-16-24(14-20-13-21(38)6-7-25(20)30)48-18-23-15-22(41-43(23)3)17-39-29-10-11-44(40-19)35(29)31/h6-9,13-16,29,39H,4-5,10-12,17-18H2,1-3H3,(H,45,46). The molecule has 3 aromatic carbocycles. The summed E-state index contributed by atoms with van der Waals surface area (Å²) in [5.74, 6) is 0.0485. The van der Waals surface area contributed by atoms with Crippen LogP contribution in [0.15, 0.2) is 53.4 Å². The Morgan fingerprint density at radius 3 is 2.77 bits per heavy atom. The number of rotatable bonds is 1. The highest BCUT2D eigenvalue weighted by Gasteiger charge is 2.33. The second-order valence-electron chi connectivity index (χ2n) is 12.6. The van der Waals surface area contributed by atoms with Gasteiger partial charge in [0, 0.05) is 65.4 Å². The first-order chi connectivity index (χ1) is 23.2. The Balaban J connectivity index is 1.27. The Kier molecular flexibility index (Phi) is 7.73. The van der Waals surface area contributed by atoms with Crippen LogP contribution in [0.25, 0.3) is 32.8 Å². The maximum atomic E-state index is 14.3. The number of hydrogen-bond acceptors (Lipinski definition) is 6. The number of carboxylic acid groups (broad SMARTS) is 1. The zero-order valence-corrected chi connectivity index (χ0v) is 28.4. The van der Waals surface area contributed by atoms with Gasteiger partial charge in [-0.2, -0.15) is 10.2 Å². The Morgan fingerprint density at radius 2 is 1.94 bits per heavy atom. The molecule has 246 valence electrons. The Morgan fingerprint density at radius 1 is 1.10 bits per heavy atom. The number of aromatic carboxylic acids is 1. The van der Waals surface area contributed by atoms with Crippen LogP contribution in [0.2, 0.25) is 5.02 Å². The maximum absolute atomic E-state index is 14.3. The molecule has 3 aromatic heterocycles. The van der Waals surface area contributed by atoms with Crippen molar-refractivity contribution >= 4 is 51.0 Å². The number of fused-ring (bicyclic) bond motifs is 7. The summed E-state index contributed by atoms with van der Waals surface area (Å²) in [6.45, 7) is 3.67. The highest BCUT2D eigenvalue weighted by molar-refractivity contribution is 7.98. The lowest BCUT2D eigenvalue weighted by Gasteiger charge is -2.16. The molecule has 1 atom stereocenters. The number of ether oxygens (including phenoxy) is 1. The summed E-state index contributed by atoms with van der Waals surface area (Å²) in [5.41, 5.74) is 7.40. The fraction of sp³-hybridized carbons (Fsp3) is 0.306. The van der Waals surface area contributed by atoms with Gasteiger partial charge < -0.3 is 19.7 Å². The quantitative estimate of drug-likeness (QED) is 0.184. The van der Waals surface area contributed by atoms with Crippen molar-refractivity contribution < 1.29 is 19.0 Å². The van der Waals surface area contributed by atoms with Crippen molar-refractivity contribution in [3.63, 3.8) is 0 Å². The predicted molar refractivity (Wildman–Crippen MR) is 186 cm³/mol. The lowest BCUT2D eigenvalue weighted by Crippen LogP contribution is -2.20. The minimum Gasteiger partial charge on any atom is -0.493 e. The molecule has 8 rings (SSSR count). The van der Waals surface area contributed by atoms with Crippen LogP contribution in [0.5, 0.6) is 5.75 Å². The normalized spacial score (nSPS) is 16.6. The molecule has 0 aliphatic carbocycles. The first kappa shape index (κ1) is 31.0. The average molecular weight is 685 g/mol. The van der Waals surface area contributed by atoms with Gasteiger partial charge in [0.15, 0.2) is 0 Å². The number of thioether (sulfide) groups is 1. The van der Waals surface area contributed by atoms with E-state index in [9.17, 15) is 14.3 Å². The van der Waals surface area contributed by atoms with Gasteiger partial charge >= 0.3 is 5.97 Å². The Bertz CT molecular complexity index is 2270. The molecular formula is C36H34ClFN6O3S. The van der Waals surface area contributed by atoms with E-state index >= 15 is 0 Å². The van der Waals surface area contributed by atoms with E-state index < -0.39 is 5.97 Å². The van der Waals surface area contributed by atoms with Gasteiger partial charge in [-0.25, -0.2) is 9.18 Å². The van der Waals surface area contributed by atoms with Gasteiger partial charge in [-0.15, -0.1) is 11.8 Å². The van der Waals surface area contributed by atoms with Gasteiger partial charge in [-0.05, 0) is 79.6 Å². The summed E-state index contributed by atoms with van der Waals surface area (Å²) in [6, 6.07) is 14.6. The fourth-order valence-corrected chi connectivity index (χ4v) is 8.71. The fourth-order valence-electron chi connectivity index (χ4n) is 7.47. The summed E-state index contributed by atoms with van der Waals surface area (Å²) < 4.78 is 26.4. The molecule has 2 aliphatic heterocycles. The molecule has 0 fully saturated rings. The van der Waals surface area contributed by atoms with E-state index in [0.717, 1.165) is 79.0 Å². The molecule has 8 bridgehead atoms. The van der Waals surface area contributed by atoms with Gasteiger partial charge in [0.2, 0.25) is 0 Å². The summed E-state index contributed by atoms with van der Waals surface area (Å²) in [5, 5.41) is 26.9. The van der Waals surface area contributed by atoms with Crippen LogP contribution in [0.1, 0.15) is 57.7 Å². The second-order valence-corrected chi connectivity index (χ2v) is 14.0. The molecule has 12 heteroatoms. The molecule has 2 aliphatic rings. The first-order valence-corrected chi connectivity index (χ1v) is 17.4. The van der Waals surface area contributed by atoms with Crippen molar-refractivity contribution in [2.75, 3.05) is 6.61 Å². The van der Waals surface area contributed by atoms with E-state index in [1.807, 2.05) is 42.9 Å². The monoisotopic (exact) mass is 684 g/mol. The number of carbonyl (C=O) groups is 1. The van der Waals surface area contributed by atoms with Crippen LogP contribution in [0.3, 0.4) is 0 Å². The van der Waals surface area contributed by atoms with E-state index in [0.29, 0.717) is 42.5 Å². The molecule has 5 heterocycles.